The Hall–Kier alpha value is -2.17. The summed E-state index contributed by atoms with van der Waals surface area (Å²) in [5, 5.41) is 0.569. The first-order chi connectivity index (χ1) is 9.00. The molecular formula is C14H15NO4. The molecule has 0 unspecified atom stereocenters. The van der Waals surface area contributed by atoms with Gasteiger partial charge < -0.3 is 4.84 Å². The van der Waals surface area contributed by atoms with Crippen molar-refractivity contribution in [1.29, 1.82) is 0 Å². The summed E-state index contributed by atoms with van der Waals surface area (Å²) in [6.07, 6.45) is 0.190. The topological polar surface area (TPSA) is 63.7 Å². The third kappa shape index (κ3) is 2.65. The Morgan fingerprint density at radius 2 is 1.74 bits per heavy atom. The maximum Gasteiger partial charge on any atom is 0.364 e. The average Bonchev–Trinajstić information content (AvgIpc) is 2.70. The third-order valence-corrected chi connectivity index (χ3v) is 2.98. The fraction of sp³-hybridized carbons (Fsp3) is 0.357. The molecule has 5 nitrogen and oxygen atoms in total. The molecule has 1 fully saturated rings. The molecule has 1 heterocycles. The molecule has 0 aromatic heterocycles. The van der Waals surface area contributed by atoms with Gasteiger partial charge in [0, 0.05) is 12.8 Å². The highest BCUT2D eigenvalue weighted by molar-refractivity contribution is 6.03. The van der Waals surface area contributed by atoms with Crippen molar-refractivity contribution in [1.82, 2.24) is 5.06 Å². The number of rotatable bonds is 3. The zero-order valence-electron chi connectivity index (χ0n) is 10.9. The summed E-state index contributed by atoms with van der Waals surface area (Å²) in [6, 6.07) is 7.01. The van der Waals surface area contributed by atoms with Crippen molar-refractivity contribution in [2.24, 2.45) is 0 Å². The van der Waals surface area contributed by atoms with Gasteiger partial charge >= 0.3 is 5.97 Å². The first-order valence-electron chi connectivity index (χ1n) is 6.17. The van der Waals surface area contributed by atoms with Crippen molar-refractivity contribution < 1.29 is 19.2 Å². The molecule has 1 aromatic rings. The summed E-state index contributed by atoms with van der Waals surface area (Å²) in [5.74, 6) is -1.47. The molecular weight excluding hydrogens is 246 g/mol. The first kappa shape index (κ1) is 13.3. The van der Waals surface area contributed by atoms with Crippen LogP contribution in [0.25, 0.3) is 0 Å². The summed E-state index contributed by atoms with van der Waals surface area (Å²) < 4.78 is 0. The summed E-state index contributed by atoms with van der Waals surface area (Å²) in [6.45, 7) is 3.91. The minimum Gasteiger partial charge on any atom is -0.325 e. The van der Waals surface area contributed by atoms with Gasteiger partial charge in [0.2, 0.25) is 0 Å². The molecule has 1 saturated heterocycles. The lowest BCUT2D eigenvalue weighted by atomic mass is 9.97. The Balaban J connectivity index is 2.21. The van der Waals surface area contributed by atoms with Crippen LogP contribution in [0.2, 0.25) is 0 Å². The van der Waals surface area contributed by atoms with E-state index in [1.807, 2.05) is 26.0 Å². The Labute approximate surface area is 111 Å². The number of amides is 2. The summed E-state index contributed by atoms with van der Waals surface area (Å²) in [7, 11) is 0. The summed E-state index contributed by atoms with van der Waals surface area (Å²) >= 11 is 0. The largest absolute Gasteiger partial charge is 0.364 e. The van der Waals surface area contributed by atoms with E-state index in [1.54, 1.807) is 12.1 Å². The van der Waals surface area contributed by atoms with Crippen LogP contribution < -0.4 is 0 Å². The van der Waals surface area contributed by atoms with Crippen molar-refractivity contribution in [3.8, 4) is 0 Å². The van der Waals surface area contributed by atoms with E-state index in [4.69, 9.17) is 4.84 Å². The smallest absolute Gasteiger partial charge is 0.325 e. The third-order valence-electron chi connectivity index (χ3n) is 2.98. The quantitative estimate of drug-likeness (QED) is 0.781. The van der Waals surface area contributed by atoms with E-state index in [0.717, 1.165) is 5.56 Å². The SMILES string of the molecule is CC(C)c1ccccc1C(=O)ON1C(=O)CCC1=O. The van der Waals surface area contributed by atoms with Gasteiger partial charge in [-0.1, -0.05) is 32.0 Å². The number of nitrogens with zero attached hydrogens (tertiary/aromatic N) is 1. The fourth-order valence-electron chi connectivity index (χ4n) is 1.98. The average molecular weight is 261 g/mol. The van der Waals surface area contributed by atoms with Crippen LogP contribution in [0, 0.1) is 0 Å². The van der Waals surface area contributed by atoms with Crippen molar-refractivity contribution in [3.63, 3.8) is 0 Å². The molecule has 2 rings (SSSR count). The maximum atomic E-state index is 12.0. The second-order valence-corrected chi connectivity index (χ2v) is 4.70. The summed E-state index contributed by atoms with van der Waals surface area (Å²) in [4.78, 5) is 39.8. The summed E-state index contributed by atoms with van der Waals surface area (Å²) in [5.41, 5.74) is 1.21. The van der Waals surface area contributed by atoms with E-state index >= 15 is 0 Å². The number of carbonyl (C=O) groups is 3. The van der Waals surface area contributed by atoms with Gasteiger partial charge in [-0.2, -0.15) is 0 Å². The number of hydrogen-bond acceptors (Lipinski definition) is 4. The lowest BCUT2D eigenvalue weighted by molar-refractivity contribution is -0.172. The van der Waals surface area contributed by atoms with Crippen LogP contribution in [-0.2, 0) is 14.4 Å². The van der Waals surface area contributed by atoms with E-state index in [9.17, 15) is 14.4 Å². The number of benzene rings is 1. The van der Waals surface area contributed by atoms with Gasteiger partial charge in [-0.25, -0.2) is 4.79 Å². The number of hydroxylamine groups is 2. The fourth-order valence-corrected chi connectivity index (χ4v) is 1.98. The van der Waals surface area contributed by atoms with Crippen LogP contribution in [-0.4, -0.2) is 22.8 Å². The highest BCUT2D eigenvalue weighted by atomic mass is 16.7. The minimum atomic E-state index is -0.673. The first-order valence-corrected chi connectivity index (χ1v) is 6.17. The molecule has 0 aliphatic carbocycles. The molecule has 0 bridgehead atoms. The second-order valence-electron chi connectivity index (χ2n) is 4.70. The molecule has 1 aromatic carbocycles. The molecule has 0 atom stereocenters. The molecule has 0 spiro atoms. The lowest BCUT2D eigenvalue weighted by Crippen LogP contribution is -2.32. The maximum absolute atomic E-state index is 12.0. The molecule has 1 aliphatic rings. The zero-order valence-corrected chi connectivity index (χ0v) is 10.9. The zero-order chi connectivity index (χ0) is 14.0. The van der Waals surface area contributed by atoms with Crippen LogP contribution in [0.5, 0.6) is 0 Å². The monoisotopic (exact) mass is 261 g/mol. The second kappa shape index (κ2) is 5.22. The van der Waals surface area contributed by atoms with Gasteiger partial charge in [0.25, 0.3) is 11.8 Å². The Kier molecular flexibility index (Phi) is 3.64. The Morgan fingerprint density at radius 1 is 1.16 bits per heavy atom. The van der Waals surface area contributed by atoms with Gasteiger partial charge in [-0.05, 0) is 17.5 Å². The van der Waals surface area contributed by atoms with Gasteiger partial charge in [-0.15, -0.1) is 5.06 Å². The van der Waals surface area contributed by atoms with E-state index in [1.165, 1.54) is 0 Å². The van der Waals surface area contributed by atoms with Gasteiger partial charge in [-0.3, -0.25) is 9.59 Å². The van der Waals surface area contributed by atoms with Crippen LogP contribution >= 0.6 is 0 Å². The predicted molar refractivity (Wildman–Crippen MR) is 67.0 cm³/mol. The van der Waals surface area contributed by atoms with Crippen LogP contribution in [0.1, 0.15) is 48.5 Å². The molecule has 100 valence electrons. The molecule has 0 N–H and O–H groups in total. The Bertz CT molecular complexity index is 520. The van der Waals surface area contributed by atoms with E-state index < -0.39 is 17.8 Å². The van der Waals surface area contributed by atoms with Crippen molar-refractivity contribution in [3.05, 3.63) is 35.4 Å². The number of carbonyl (C=O) groups excluding carboxylic acids is 3. The highest BCUT2D eigenvalue weighted by Gasteiger charge is 2.33. The van der Waals surface area contributed by atoms with Gasteiger partial charge in [0.1, 0.15) is 0 Å². The van der Waals surface area contributed by atoms with Crippen molar-refractivity contribution in [2.45, 2.75) is 32.6 Å². The van der Waals surface area contributed by atoms with E-state index in [0.29, 0.717) is 10.6 Å². The lowest BCUT2D eigenvalue weighted by Gasteiger charge is -2.15. The highest BCUT2D eigenvalue weighted by Crippen LogP contribution is 2.21. The number of hydrogen-bond donors (Lipinski definition) is 0. The molecule has 5 heteroatoms. The standard InChI is InChI=1S/C14H15NO4/c1-9(2)10-5-3-4-6-11(10)14(18)19-15-12(16)7-8-13(15)17/h3-6,9H,7-8H2,1-2H3. The van der Waals surface area contributed by atoms with E-state index in [-0.39, 0.29) is 18.8 Å². The minimum absolute atomic E-state index is 0.0952. The normalized spacial score (nSPS) is 15.2. The molecule has 0 saturated carbocycles. The van der Waals surface area contributed by atoms with Gasteiger partial charge in [0.15, 0.2) is 0 Å². The molecule has 19 heavy (non-hydrogen) atoms. The molecule has 1 aliphatic heterocycles. The van der Waals surface area contributed by atoms with Crippen LogP contribution in [0.4, 0.5) is 0 Å². The van der Waals surface area contributed by atoms with E-state index in [2.05, 4.69) is 0 Å². The Morgan fingerprint density at radius 3 is 2.32 bits per heavy atom. The predicted octanol–water partition coefficient (Wildman–Crippen LogP) is 2.03. The van der Waals surface area contributed by atoms with Gasteiger partial charge in [0.05, 0.1) is 5.56 Å². The van der Waals surface area contributed by atoms with Crippen molar-refractivity contribution in [2.75, 3.05) is 0 Å². The van der Waals surface area contributed by atoms with Crippen LogP contribution in [0.3, 0.4) is 0 Å². The number of imide groups is 1. The molecule has 2 amide bonds. The van der Waals surface area contributed by atoms with Crippen LogP contribution in [0.15, 0.2) is 24.3 Å². The molecule has 0 radical (unpaired) electrons. The van der Waals surface area contributed by atoms with Crippen molar-refractivity contribution >= 4 is 17.8 Å².